The van der Waals surface area contributed by atoms with Crippen LogP contribution < -0.4 is 5.32 Å². The Kier molecular flexibility index (Phi) is 3.80. The molecular weight excluding hydrogens is 259 g/mol. The van der Waals surface area contributed by atoms with E-state index in [1.807, 2.05) is 0 Å². The van der Waals surface area contributed by atoms with E-state index < -0.39 is 23.8 Å². The van der Waals surface area contributed by atoms with Gasteiger partial charge in [0.2, 0.25) is 0 Å². The van der Waals surface area contributed by atoms with Gasteiger partial charge < -0.3 is 10.1 Å². The second-order valence-electron chi connectivity index (χ2n) is 4.37. The first-order valence-electron chi connectivity index (χ1n) is 6.01. The van der Waals surface area contributed by atoms with Crippen molar-refractivity contribution in [2.75, 3.05) is 6.61 Å². The Bertz CT molecular complexity index is 485. The van der Waals surface area contributed by atoms with Crippen LogP contribution in [0.5, 0.6) is 0 Å². The Balaban J connectivity index is 2.21. The topological polar surface area (TPSA) is 38.3 Å². The lowest BCUT2D eigenvalue weighted by atomic mass is 9.94. The van der Waals surface area contributed by atoms with Gasteiger partial charge in [-0.15, -0.1) is 0 Å². The van der Waals surface area contributed by atoms with Crippen LogP contribution in [0.2, 0.25) is 0 Å². The van der Waals surface area contributed by atoms with Gasteiger partial charge in [0.1, 0.15) is 6.04 Å². The maximum absolute atomic E-state index is 12.6. The summed E-state index contributed by atoms with van der Waals surface area (Å²) in [4.78, 5) is 11.6. The average molecular weight is 273 g/mol. The molecule has 1 unspecified atom stereocenters. The van der Waals surface area contributed by atoms with Crippen LogP contribution in [0, 0.1) is 0 Å². The van der Waals surface area contributed by atoms with Crippen molar-refractivity contribution in [3.63, 3.8) is 0 Å². The van der Waals surface area contributed by atoms with E-state index >= 15 is 0 Å². The van der Waals surface area contributed by atoms with Gasteiger partial charge >= 0.3 is 12.1 Å². The van der Waals surface area contributed by atoms with Crippen LogP contribution in [0.25, 0.3) is 0 Å². The highest BCUT2D eigenvalue weighted by molar-refractivity contribution is 5.76. The van der Waals surface area contributed by atoms with Gasteiger partial charge in [0, 0.05) is 6.54 Å². The lowest BCUT2D eigenvalue weighted by Gasteiger charge is -2.25. The van der Waals surface area contributed by atoms with E-state index in [-0.39, 0.29) is 13.0 Å². The van der Waals surface area contributed by atoms with E-state index in [0.29, 0.717) is 12.1 Å². The number of hydrogen-bond acceptors (Lipinski definition) is 3. The molecule has 104 valence electrons. The quantitative estimate of drug-likeness (QED) is 0.840. The van der Waals surface area contributed by atoms with Crippen molar-refractivity contribution in [3.05, 3.63) is 34.9 Å². The molecule has 0 saturated carbocycles. The van der Waals surface area contributed by atoms with Crippen LogP contribution in [0.15, 0.2) is 18.2 Å². The van der Waals surface area contributed by atoms with Gasteiger partial charge in [-0.3, -0.25) is 4.79 Å². The standard InChI is InChI=1S/C13H14F3NO2/c1-2-19-12(18)11-6-9-5-10(13(14,15)16)4-3-8(9)7-17-11/h3-5,11,17H,2,6-7H2,1H3. The Morgan fingerprint density at radius 1 is 1.42 bits per heavy atom. The van der Waals surface area contributed by atoms with Crippen molar-refractivity contribution >= 4 is 5.97 Å². The van der Waals surface area contributed by atoms with Crippen LogP contribution >= 0.6 is 0 Å². The Morgan fingerprint density at radius 2 is 2.16 bits per heavy atom. The minimum atomic E-state index is -4.36. The molecular formula is C13H14F3NO2. The summed E-state index contributed by atoms with van der Waals surface area (Å²) in [5, 5.41) is 2.96. The second kappa shape index (κ2) is 5.21. The number of carbonyl (C=O) groups excluding carboxylic acids is 1. The molecule has 0 radical (unpaired) electrons. The maximum atomic E-state index is 12.6. The summed E-state index contributed by atoms with van der Waals surface area (Å²) in [6, 6.07) is 3.05. The zero-order valence-electron chi connectivity index (χ0n) is 10.4. The number of benzene rings is 1. The number of carbonyl (C=O) groups is 1. The average Bonchev–Trinajstić information content (AvgIpc) is 2.36. The van der Waals surface area contributed by atoms with Crippen molar-refractivity contribution < 1.29 is 22.7 Å². The molecule has 3 nitrogen and oxygen atoms in total. The number of hydrogen-bond donors (Lipinski definition) is 1. The highest BCUT2D eigenvalue weighted by Crippen LogP contribution is 2.31. The van der Waals surface area contributed by atoms with Gasteiger partial charge in [0.05, 0.1) is 12.2 Å². The van der Waals surface area contributed by atoms with Crippen molar-refractivity contribution in [2.24, 2.45) is 0 Å². The first kappa shape index (κ1) is 13.9. The summed E-state index contributed by atoms with van der Waals surface area (Å²) in [6.07, 6.45) is -4.14. The Hall–Kier alpha value is -1.56. The zero-order valence-corrected chi connectivity index (χ0v) is 10.4. The van der Waals surface area contributed by atoms with Gasteiger partial charge in [-0.25, -0.2) is 0 Å². The fourth-order valence-corrected chi connectivity index (χ4v) is 2.10. The second-order valence-corrected chi connectivity index (χ2v) is 4.37. The monoisotopic (exact) mass is 273 g/mol. The number of esters is 1. The predicted octanol–water partition coefficient (Wildman–Crippen LogP) is 2.28. The molecule has 2 rings (SSSR count). The highest BCUT2D eigenvalue weighted by atomic mass is 19.4. The minimum absolute atomic E-state index is 0.220. The van der Waals surface area contributed by atoms with E-state index in [4.69, 9.17) is 4.74 Å². The van der Waals surface area contributed by atoms with Crippen molar-refractivity contribution in [1.82, 2.24) is 5.32 Å². The fourth-order valence-electron chi connectivity index (χ4n) is 2.10. The van der Waals surface area contributed by atoms with Crippen molar-refractivity contribution in [3.8, 4) is 0 Å². The first-order valence-corrected chi connectivity index (χ1v) is 6.01. The largest absolute Gasteiger partial charge is 0.465 e. The minimum Gasteiger partial charge on any atom is -0.465 e. The molecule has 1 N–H and O–H groups in total. The number of halogens is 3. The molecule has 6 heteroatoms. The molecule has 0 amide bonds. The molecule has 1 atom stereocenters. The third-order valence-electron chi connectivity index (χ3n) is 3.07. The molecule has 19 heavy (non-hydrogen) atoms. The van der Waals surface area contributed by atoms with Gasteiger partial charge in [0.15, 0.2) is 0 Å². The van der Waals surface area contributed by atoms with E-state index in [1.54, 1.807) is 6.92 Å². The normalized spacial score (nSPS) is 18.8. The Labute approximate surface area is 108 Å². The smallest absolute Gasteiger partial charge is 0.416 e. The molecule has 1 aromatic rings. The van der Waals surface area contributed by atoms with Crippen LogP contribution in [0.1, 0.15) is 23.6 Å². The lowest BCUT2D eigenvalue weighted by molar-refractivity contribution is -0.145. The SMILES string of the molecule is CCOC(=O)C1Cc2cc(C(F)(F)F)ccc2CN1. The van der Waals surface area contributed by atoms with Crippen molar-refractivity contribution in [1.29, 1.82) is 0 Å². The third-order valence-corrected chi connectivity index (χ3v) is 3.07. The van der Waals surface area contributed by atoms with Gasteiger partial charge in [-0.05, 0) is 36.6 Å². The molecule has 0 aliphatic carbocycles. The predicted molar refractivity (Wildman–Crippen MR) is 62.4 cm³/mol. The molecule has 1 heterocycles. The third kappa shape index (κ3) is 3.07. The van der Waals surface area contributed by atoms with E-state index in [0.717, 1.165) is 17.7 Å². The molecule has 1 aromatic carbocycles. The first-order chi connectivity index (χ1) is 8.91. The maximum Gasteiger partial charge on any atom is 0.416 e. The summed E-state index contributed by atoms with van der Waals surface area (Å²) in [7, 11) is 0. The summed E-state index contributed by atoms with van der Waals surface area (Å²) in [5.74, 6) is -0.425. The molecule has 0 spiro atoms. The summed E-state index contributed by atoms with van der Waals surface area (Å²) in [6.45, 7) is 2.32. The van der Waals surface area contributed by atoms with E-state index in [1.165, 1.54) is 6.07 Å². The number of rotatable bonds is 2. The van der Waals surface area contributed by atoms with E-state index in [2.05, 4.69) is 5.32 Å². The van der Waals surface area contributed by atoms with Gasteiger partial charge in [-0.2, -0.15) is 13.2 Å². The van der Waals surface area contributed by atoms with Gasteiger partial charge in [0.25, 0.3) is 0 Å². The van der Waals surface area contributed by atoms with Crippen LogP contribution in [-0.4, -0.2) is 18.6 Å². The lowest BCUT2D eigenvalue weighted by Crippen LogP contribution is -2.42. The molecule has 0 fully saturated rings. The molecule has 1 aliphatic heterocycles. The summed E-state index contributed by atoms with van der Waals surface area (Å²) < 4.78 is 42.8. The highest BCUT2D eigenvalue weighted by Gasteiger charge is 2.32. The number of alkyl halides is 3. The number of fused-ring (bicyclic) bond motifs is 1. The molecule has 0 saturated heterocycles. The molecule has 0 bridgehead atoms. The van der Waals surface area contributed by atoms with Crippen LogP contribution in [-0.2, 0) is 28.7 Å². The zero-order chi connectivity index (χ0) is 14.0. The van der Waals surface area contributed by atoms with Crippen LogP contribution in [0.3, 0.4) is 0 Å². The van der Waals surface area contributed by atoms with Crippen molar-refractivity contribution in [2.45, 2.75) is 32.1 Å². The van der Waals surface area contributed by atoms with E-state index in [9.17, 15) is 18.0 Å². The van der Waals surface area contributed by atoms with Gasteiger partial charge in [-0.1, -0.05) is 6.07 Å². The number of nitrogens with one attached hydrogen (secondary N) is 1. The Morgan fingerprint density at radius 3 is 2.79 bits per heavy atom. The van der Waals surface area contributed by atoms with Crippen LogP contribution in [0.4, 0.5) is 13.2 Å². The molecule has 1 aliphatic rings. The summed E-state index contributed by atoms with van der Waals surface area (Å²) in [5.41, 5.74) is 0.649. The number of ether oxygens (including phenoxy) is 1. The fraction of sp³-hybridized carbons (Fsp3) is 0.462. The summed E-state index contributed by atoms with van der Waals surface area (Å²) >= 11 is 0. The molecule has 0 aromatic heterocycles.